The first-order valence-corrected chi connectivity index (χ1v) is 6.09. The summed E-state index contributed by atoms with van der Waals surface area (Å²) in [6.07, 6.45) is 3.21. The molecule has 3 N–H and O–H groups in total. The zero-order valence-electron chi connectivity index (χ0n) is 10.9. The molecule has 1 amide bonds. The topological polar surface area (TPSA) is 85.8 Å². The van der Waals surface area contributed by atoms with Crippen LogP contribution in [0.15, 0.2) is 36.9 Å². The molecular formula is C13H17N5O. The Labute approximate surface area is 111 Å². The van der Waals surface area contributed by atoms with E-state index in [9.17, 15) is 4.79 Å². The van der Waals surface area contributed by atoms with Gasteiger partial charge in [-0.1, -0.05) is 13.0 Å². The Kier molecular flexibility index (Phi) is 3.91. The molecule has 2 atom stereocenters. The van der Waals surface area contributed by atoms with Crippen molar-refractivity contribution in [2.45, 2.75) is 19.9 Å². The lowest BCUT2D eigenvalue weighted by molar-refractivity contribution is -0.119. The van der Waals surface area contributed by atoms with E-state index in [1.54, 1.807) is 17.2 Å². The lowest BCUT2D eigenvalue weighted by atomic mass is 10.0. The molecule has 19 heavy (non-hydrogen) atoms. The van der Waals surface area contributed by atoms with E-state index in [2.05, 4.69) is 15.5 Å². The van der Waals surface area contributed by atoms with Gasteiger partial charge in [0.2, 0.25) is 5.91 Å². The summed E-state index contributed by atoms with van der Waals surface area (Å²) in [6, 6.07) is 7.28. The summed E-state index contributed by atoms with van der Waals surface area (Å²) >= 11 is 0. The normalized spacial score (nSPS) is 13.8. The van der Waals surface area contributed by atoms with Crippen LogP contribution in [0.25, 0.3) is 5.69 Å². The first-order valence-electron chi connectivity index (χ1n) is 6.09. The molecule has 0 spiro atoms. The minimum Gasteiger partial charge on any atom is -0.327 e. The number of carbonyl (C=O) groups excluding carboxylic acids is 1. The van der Waals surface area contributed by atoms with E-state index >= 15 is 0 Å². The number of carbonyl (C=O) groups is 1. The summed E-state index contributed by atoms with van der Waals surface area (Å²) in [5.41, 5.74) is 7.33. The lowest BCUT2D eigenvalue weighted by Gasteiger charge is -2.15. The smallest absolute Gasteiger partial charge is 0.228 e. The summed E-state index contributed by atoms with van der Waals surface area (Å²) in [7, 11) is 0. The number of benzene rings is 1. The van der Waals surface area contributed by atoms with Crippen LogP contribution in [0.3, 0.4) is 0 Å². The summed E-state index contributed by atoms with van der Waals surface area (Å²) in [6.45, 7) is 3.63. The molecule has 6 heteroatoms. The van der Waals surface area contributed by atoms with Crippen LogP contribution in [0.4, 0.5) is 5.69 Å². The maximum absolute atomic E-state index is 11.9. The summed E-state index contributed by atoms with van der Waals surface area (Å²) in [5, 5.41) is 10.4. The third-order valence-corrected chi connectivity index (χ3v) is 3.03. The standard InChI is InChI=1S/C13H17N5O/c1-9(10(2)14)13(19)17-11-4-3-5-12(6-11)18-7-15-16-8-18/h3-10H,14H2,1-2H3,(H,17,19). The Morgan fingerprint density at radius 1 is 1.32 bits per heavy atom. The van der Waals surface area contributed by atoms with Crippen LogP contribution >= 0.6 is 0 Å². The molecule has 1 heterocycles. The molecular weight excluding hydrogens is 242 g/mol. The number of aromatic nitrogens is 3. The van der Waals surface area contributed by atoms with Crippen molar-refractivity contribution < 1.29 is 4.79 Å². The monoisotopic (exact) mass is 259 g/mol. The predicted molar refractivity (Wildman–Crippen MR) is 72.8 cm³/mol. The SMILES string of the molecule is CC(N)C(C)C(=O)Nc1cccc(-n2cnnc2)c1. The minimum atomic E-state index is -0.237. The molecule has 2 unspecified atom stereocenters. The fourth-order valence-corrected chi connectivity index (χ4v) is 1.57. The maximum atomic E-state index is 11.9. The van der Waals surface area contributed by atoms with Crippen molar-refractivity contribution in [3.8, 4) is 5.69 Å². The second kappa shape index (κ2) is 5.62. The van der Waals surface area contributed by atoms with E-state index in [-0.39, 0.29) is 17.9 Å². The number of nitrogens with one attached hydrogen (secondary N) is 1. The average Bonchev–Trinajstić information content (AvgIpc) is 2.91. The Bertz CT molecular complexity index is 550. The Balaban J connectivity index is 2.14. The maximum Gasteiger partial charge on any atom is 0.228 e. The summed E-state index contributed by atoms with van der Waals surface area (Å²) in [5.74, 6) is -0.325. The van der Waals surface area contributed by atoms with Crippen LogP contribution in [0.1, 0.15) is 13.8 Å². The zero-order valence-corrected chi connectivity index (χ0v) is 10.9. The summed E-state index contributed by atoms with van der Waals surface area (Å²) in [4.78, 5) is 11.9. The molecule has 0 bridgehead atoms. The lowest BCUT2D eigenvalue weighted by Crippen LogP contribution is -2.34. The highest BCUT2D eigenvalue weighted by atomic mass is 16.1. The highest BCUT2D eigenvalue weighted by molar-refractivity contribution is 5.93. The van der Waals surface area contributed by atoms with Crippen LogP contribution in [-0.2, 0) is 4.79 Å². The van der Waals surface area contributed by atoms with Gasteiger partial charge in [0, 0.05) is 11.7 Å². The van der Waals surface area contributed by atoms with Crippen molar-refractivity contribution >= 4 is 11.6 Å². The van der Waals surface area contributed by atoms with Crippen LogP contribution in [0.5, 0.6) is 0 Å². The Hall–Kier alpha value is -2.21. The first kappa shape index (κ1) is 13.2. The van der Waals surface area contributed by atoms with E-state index < -0.39 is 0 Å². The van der Waals surface area contributed by atoms with E-state index in [1.807, 2.05) is 38.1 Å². The Morgan fingerprint density at radius 2 is 2.00 bits per heavy atom. The van der Waals surface area contributed by atoms with Crippen molar-refractivity contribution in [1.82, 2.24) is 14.8 Å². The molecule has 2 aromatic rings. The van der Waals surface area contributed by atoms with Gasteiger partial charge in [-0.25, -0.2) is 0 Å². The van der Waals surface area contributed by atoms with Gasteiger partial charge in [-0.2, -0.15) is 0 Å². The molecule has 0 aliphatic heterocycles. The number of amides is 1. The third kappa shape index (κ3) is 3.17. The van der Waals surface area contributed by atoms with Gasteiger partial charge >= 0.3 is 0 Å². The van der Waals surface area contributed by atoms with Crippen LogP contribution < -0.4 is 11.1 Å². The molecule has 0 aliphatic rings. The number of rotatable bonds is 4. The van der Waals surface area contributed by atoms with Crippen LogP contribution in [0.2, 0.25) is 0 Å². The van der Waals surface area contributed by atoms with E-state index in [1.165, 1.54) is 0 Å². The zero-order chi connectivity index (χ0) is 13.8. The fourth-order valence-electron chi connectivity index (χ4n) is 1.57. The second-order valence-electron chi connectivity index (χ2n) is 4.56. The molecule has 0 saturated heterocycles. The van der Waals surface area contributed by atoms with Gasteiger partial charge in [-0.3, -0.25) is 9.36 Å². The van der Waals surface area contributed by atoms with Crippen molar-refractivity contribution in [2.24, 2.45) is 11.7 Å². The molecule has 0 fully saturated rings. The first-order chi connectivity index (χ1) is 9.08. The largest absolute Gasteiger partial charge is 0.327 e. The summed E-state index contributed by atoms with van der Waals surface area (Å²) < 4.78 is 1.77. The van der Waals surface area contributed by atoms with Gasteiger partial charge in [0.05, 0.1) is 11.6 Å². The van der Waals surface area contributed by atoms with Crippen molar-refractivity contribution in [3.63, 3.8) is 0 Å². The van der Waals surface area contributed by atoms with Gasteiger partial charge in [-0.05, 0) is 25.1 Å². The van der Waals surface area contributed by atoms with Gasteiger partial charge in [-0.15, -0.1) is 10.2 Å². The fraction of sp³-hybridized carbons (Fsp3) is 0.308. The molecule has 1 aromatic heterocycles. The average molecular weight is 259 g/mol. The number of hydrogen-bond donors (Lipinski definition) is 2. The van der Waals surface area contributed by atoms with Crippen molar-refractivity contribution in [2.75, 3.05) is 5.32 Å². The van der Waals surface area contributed by atoms with Gasteiger partial charge in [0.15, 0.2) is 0 Å². The molecule has 2 rings (SSSR count). The quantitative estimate of drug-likeness (QED) is 0.863. The van der Waals surface area contributed by atoms with Gasteiger partial charge in [0.25, 0.3) is 0 Å². The van der Waals surface area contributed by atoms with E-state index in [4.69, 9.17) is 5.73 Å². The predicted octanol–water partition coefficient (Wildman–Crippen LogP) is 1.19. The van der Waals surface area contributed by atoms with Gasteiger partial charge in [0.1, 0.15) is 12.7 Å². The number of anilines is 1. The Morgan fingerprint density at radius 3 is 2.63 bits per heavy atom. The molecule has 1 aromatic carbocycles. The van der Waals surface area contributed by atoms with Crippen LogP contribution in [-0.4, -0.2) is 26.7 Å². The molecule has 0 radical (unpaired) electrons. The highest BCUT2D eigenvalue weighted by Gasteiger charge is 2.17. The number of nitrogens with zero attached hydrogens (tertiary/aromatic N) is 3. The van der Waals surface area contributed by atoms with Crippen molar-refractivity contribution in [1.29, 1.82) is 0 Å². The molecule has 100 valence electrons. The third-order valence-electron chi connectivity index (χ3n) is 3.03. The molecule has 6 nitrogen and oxygen atoms in total. The van der Waals surface area contributed by atoms with E-state index in [0.29, 0.717) is 0 Å². The number of nitrogens with two attached hydrogens (primary N) is 1. The molecule has 0 saturated carbocycles. The molecule has 0 aliphatic carbocycles. The minimum absolute atomic E-state index is 0.0871. The number of hydrogen-bond acceptors (Lipinski definition) is 4. The van der Waals surface area contributed by atoms with Gasteiger partial charge < -0.3 is 11.1 Å². The van der Waals surface area contributed by atoms with E-state index in [0.717, 1.165) is 11.4 Å². The van der Waals surface area contributed by atoms with Crippen molar-refractivity contribution in [3.05, 3.63) is 36.9 Å². The highest BCUT2D eigenvalue weighted by Crippen LogP contribution is 2.15. The second-order valence-corrected chi connectivity index (χ2v) is 4.56. The van der Waals surface area contributed by atoms with Crippen LogP contribution in [0, 0.1) is 5.92 Å².